The number of nitrogens with two attached hydrogens (primary N) is 1. The van der Waals surface area contributed by atoms with Gasteiger partial charge in [0.05, 0.1) is 12.3 Å². The smallest absolute Gasteiger partial charge is 0.307 e. The summed E-state index contributed by atoms with van der Waals surface area (Å²) in [6, 6.07) is 7.08. The second-order valence-corrected chi connectivity index (χ2v) is 4.54. The number of aliphatic carboxylic acids is 2. The molecule has 1 rings (SSSR count). The molecule has 0 amide bonds. The monoisotopic (exact) mass is 255 g/mol. The lowest BCUT2D eigenvalue weighted by atomic mass is 10.1. The van der Waals surface area contributed by atoms with Crippen molar-refractivity contribution in [2.75, 3.05) is 11.5 Å². The summed E-state index contributed by atoms with van der Waals surface area (Å²) in [5.74, 6) is -2.93. The molecule has 0 bridgehead atoms. The predicted octanol–water partition coefficient (Wildman–Crippen LogP) is 1.54. The molecule has 92 valence electrons. The average Bonchev–Trinajstić information content (AvgIpc) is 2.25. The van der Waals surface area contributed by atoms with E-state index >= 15 is 0 Å². The minimum absolute atomic E-state index is 0.190. The van der Waals surface area contributed by atoms with E-state index in [1.165, 1.54) is 11.8 Å². The molecule has 0 spiro atoms. The van der Waals surface area contributed by atoms with Gasteiger partial charge in [-0.05, 0) is 12.1 Å². The molecule has 0 aliphatic heterocycles. The molecule has 4 N–H and O–H groups in total. The first-order valence-electron chi connectivity index (χ1n) is 4.92. The number of para-hydroxylation sites is 1. The molecule has 0 radical (unpaired) electrons. The zero-order valence-electron chi connectivity index (χ0n) is 9.00. The highest BCUT2D eigenvalue weighted by Crippen LogP contribution is 2.27. The number of hydrogen-bond donors (Lipinski definition) is 3. The first kappa shape index (κ1) is 13.4. The van der Waals surface area contributed by atoms with Gasteiger partial charge in [0.25, 0.3) is 0 Å². The van der Waals surface area contributed by atoms with Gasteiger partial charge in [-0.1, -0.05) is 12.1 Å². The van der Waals surface area contributed by atoms with Crippen molar-refractivity contribution in [3.63, 3.8) is 0 Å². The Hall–Kier alpha value is -1.69. The molecule has 1 atom stereocenters. The molecule has 0 aliphatic rings. The third kappa shape index (κ3) is 4.36. The van der Waals surface area contributed by atoms with E-state index in [1.54, 1.807) is 24.3 Å². The molecule has 6 heteroatoms. The van der Waals surface area contributed by atoms with Crippen molar-refractivity contribution in [3.8, 4) is 0 Å². The maximum Gasteiger partial charge on any atom is 0.307 e. The van der Waals surface area contributed by atoms with Crippen LogP contribution in [0.25, 0.3) is 0 Å². The van der Waals surface area contributed by atoms with E-state index in [-0.39, 0.29) is 12.2 Å². The number of carbonyl (C=O) groups is 2. The minimum Gasteiger partial charge on any atom is -0.481 e. The number of thioether (sulfide) groups is 1. The summed E-state index contributed by atoms with van der Waals surface area (Å²) in [5, 5.41) is 17.4. The molecule has 0 unspecified atom stereocenters. The van der Waals surface area contributed by atoms with Crippen molar-refractivity contribution in [1.82, 2.24) is 0 Å². The third-order valence-electron chi connectivity index (χ3n) is 2.13. The number of benzene rings is 1. The summed E-state index contributed by atoms with van der Waals surface area (Å²) in [6.07, 6.45) is -0.380. The second kappa shape index (κ2) is 6.15. The van der Waals surface area contributed by atoms with E-state index in [4.69, 9.17) is 15.9 Å². The third-order valence-corrected chi connectivity index (χ3v) is 3.38. The summed E-state index contributed by atoms with van der Waals surface area (Å²) in [7, 11) is 0. The standard InChI is InChI=1S/C11H13NO4S/c12-8-3-1-2-4-9(8)17-6-7(11(15)16)5-10(13)14/h1-4,7H,5-6,12H2,(H,13,14)(H,15,16)/t7-/m1/s1. The molecule has 0 saturated heterocycles. The number of carboxylic acids is 2. The SMILES string of the molecule is Nc1ccccc1SC[C@@H](CC(=O)O)C(=O)O. The van der Waals surface area contributed by atoms with Crippen molar-refractivity contribution < 1.29 is 19.8 Å². The van der Waals surface area contributed by atoms with Gasteiger partial charge >= 0.3 is 11.9 Å². The summed E-state index contributed by atoms with van der Waals surface area (Å²) in [6.45, 7) is 0. The van der Waals surface area contributed by atoms with Crippen LogP contribution in [-0.4, -0.2) is 27.9 Å². The van der Waals surface area contributed by atoms with Crippen molar-refractivity contribution in [1.29, 1.82) is 0 Å². The highest BCUT2D eigenvalue weighted by molar-refractivity contribution is 7.99. The van der Waals surface area contributed by atoms with Crippen LogP contribution in [0, 0.1) is 5.92 Å². The number of carboxylic acid groups (broad SMARTS) is 2. The van der Waals surface area contributed by atoms with Crippen LogP contribution in [0.4, 0.5) is 5.69 Å². The molecular weight excluding hydrogens is 242 g/mol. The van der Waals surface area contributed by atoms with Crippen molar-refractivity contribution in [2.24, 2.45) is 5.92 Å². The average molecular weight is 255 g/mol. The Morgan fingerprint density at radius 2 is 1.94 bits per heavy atom. The van der Waals surface area contributed by atoms with E-state index in [9.17, 15) is 9.59 Å². The zero-order valence-corrected chi connectivity index (χ0v) is 9.81. The van der Waals surface area contributed by atoms with E-state index < -0.39 is 17.9 Å². The molecule has 0 saturated carbocycles. The lowest BCUT2D eigenvalue weighted by Gasteiger charge is -2.10. The van der Waals surface area contributed by atoms with Gasteiger partial charge in [-0.25, -0.2) is 0 Å². The maximum atomic E-state index is 10.8. The van der Waals surface area contributed by atoms with Crippen LogP contribution >= 0.6 is 11.8 Å². The fraction of sp³-hybridized carbons (Fsp3) is 0.273. The van der Waals surface area contributed by atoms with Crippen LogP contribution in [0.15, 0.2) is 29.2 Å². The van der Waals surface area contributed by atoms with Crippen molar-refractivity contribution >= 4 is 29.4 Å². The minimum atomic E-state index is -1.11. The molecule has 5 nitrogen and oxygen atoms in total. The Morgan fingerprint density at radius 3 is 2.47 bits per heavy atom. The second-order valence-electron chi connectivity index (χ2n) is 3.48. The van der Waals surface area contributed by atoms with Gasteiger partial charge in [0.15, 0.2) is 0 Å². The Balaban J connectivity index is 2.61. The zero-order chi connectivity index (χ0) is 12.8. The van der Waals surface area contributed by atoms with E-state index in [2.05, 4.69) is 0 Å². The van der Waals surface area contributed by atoms with Crippen LogP contribution in [0.2, 0.25) is 0 Å². The van der Waals surface area contributed by atoms with Crippen LogP contribution < -0.4 is 5.73 Å². The van der Waals surface area contributed by atoms with Crippen LogP contribution in [0.5, 0.6) is 0 Å². The fourth-order valence-corrected chi connectivity index (χ4v) is 2.28. The Kier molecular flexibility index (Phi) is 4.84. The topological polar surface area (TPSA) is 101 Å². The molecule has 1 aromatic rings. The lowest BCUT2D eigenvalue weighted by molar-refractivity contribution is -0.147. The Morgan fingerprint density at radius 1 is 1.29 bits per heavy atom. The van der Waals surface area contributed by atoms with Crippen molar-refractivity contribution in [3.05, 3.63) is 24.3 Å². The van der Waals surface area contributed by atoms with Crippen molar-refractivity contribution in [2.45, 2.75) is 11.3 Å². The lowest BCUT2D eigenvalue weighted by Crippen LogP contribution is -2.20. The van der Waals surface area contributed by atoms with Gasteiger partial charge in [0.1, 0.15) is 0 Å². The van der Waals surface area contributed by atoms with E-state index in [0.717, 1.165) is 4.90 Å². The maximum absolute atomic E-state index is 10.8. The van der Waals surface area contributed by atoms with Crippen LogP contribution in [-0.2, 0) is 9.59 Å². The molecule has 1 aromatic carbocycles. The molecule has 0 heterocycles. The van der Waals surface area contributed by atoms with Gasteiger partial charge in [-0.3, -0.25) is 9.59 Å². The van der Waals surface area contributed by atoms with Crippen LogP contribution in [0.1, 0.15) is 6.42 Å². The first-order chi connectivity index (χ1) is 8.00. The normalized spacial score (nSPS) is 12.0. The molecule has 0 aromatic heterocycles. The van der Waals surface area contributed by atoms with E-state index in [0.29, 0.717) is 5.69 Å². The van der Waals surface area contributed by atoms with Gasteiger partial charge < -0.3 is 15.9 Å². The highest BCUT2D eigenvalue weighted by Gasteiger charge is 2.21. The number of hydrogen-bond acceptors (Lipinski definition) is 4. The number of nitrogen functional groups attached to an aromatic ring is 1. The Bertz CT molecular complexity index is 422. The van der Waals surface area contributed by atoms with E-state index in [1.807, 2.05) is 0 Å². The van der Waals surface area contributed by atoms with Gasteiger partial charge in [-0.2, -0.15) is 0 Å². The summed E-state index contributed by atoms with van der Waals surface area (Å²) in [4.78, 5) is 22.1. The number of rotatable bonds is 6. The Labute approximate surface area is 103 Å². The first-order valence-corrected chi connectivity index (χ1v) is 5.91. The summed E-state index contributed by atoms with van der Waals surface area (Å²) < 4.78 is 0. The van der Waals surface area contributed by atoms with Gasteiger partial charge in [-0.15, -0.1) is 11.8 Å². The fourth-order valence-electron chi connectivity index (χ4n) is 1.23. The molecule has 17 heavy (non-hydrogen) atoms. The molecule has 0 fully saturated rings. The molecule has 0 aliphatic carbocycles. The summed E-state index contributed by atoms with van der Waals surface area (Å²) >= 11 is 1.26. The highest BCUT2D eigenvalue weighted by atomic mass is 32.2. The molecular formula is C11H13NO4S. The largest absolute Gasteiger partial charge is 0.481 e. The predicted molar refractivity (Wildman–Crippen MR) is 65.0 cm³/mol. The van der Waals surface area contributed by atoms with Gasteiger partial charge in [0, 0.05) is 16.3 Å². The quantitative estimate of drug-likeness (QED) is 0.526. The van der Waals surface area contributed by atoms with Gasteiger partial charge in [0.2, 0.25) is 0 Å². The summed E-state index contributed by atoms with van der Waals surface area (Å²) in [5.41, 5.74) is 6.27. The van der Waals surface area contributed by atoms with Crippen LogP contribution in [0.3, 0.4) is 0 Å². The number of anilines is 1.